The van der Waals surface area contributed by atoms with E-state index < -0.39 is 31.8 Å². The second-order valence-electron chi connectivity index (χ2n) is 5.19. The highest BCUT2D eigenvalue weighted by Crippen LogP contribution is 2.49. The van der Waals surface area contributed by atoms with E-state index in [1.807, 2.05) is 0 Å². The van der Waals surface area contributed by atoms with E-state index >= 15 is 0 Å². The van der Waals surface area contributed by atoms with Gasteiger partial charge in [-0.3, -0.25) is 30.3 Å². The van der Waals surface area contributed by atoms with Crippen molar-refractivity contribution >= 4 is 34.5 Å². The van der Waals surface area contributed by atoms with Crippen LogP contribution in [-0.2, 0) is 0 Å². The molecule has 0 saturated carbocycles. The summed E-state index contributed by atoms with van der Waals surface area (Å²) in [5.74, 6) is 0.374. The summed E-state index contributed by atoms with van der Waals surface area (Å²) in [6, 6.07) is 0.842. The third-order valence-corrected chi connectivity index (χ3v) is 4.70. The number of benzene rings is 1. The Bertz CT molecular complexity index is 690. The van der Waals surface area contributed by atoms with Gasteiger partial charge in [-0.2, -0.15) is 0 Å². The Morgan fingerprint density at radius 1 is 1.00 bits per heavy atom. The first kappa shape index (κ1) is 17.9. The predicted octanol–water partition coefficient (Wildman–Crippen LogP) is 3.51. The SMILES string of the molecule is CCSc1c([N+](=O)[O-])cc([N+](=O)[O-])c(N2CCCCC2)c1[N+](=O)[O-]. The highest BCUT2D eigenvalue weighted by molar-refractivity contribution is 7.99. The number of rotatable bonds is 6. The molecule has 0 radical (unpaired) electrons. The standard InChI is InChI=1S/C13H16N4O6S/c1-2-24-13-10(16(20)21)8-9(15(18)19)11(12(13)17(22)23)14-6-4-3-5-7-14/h8H,2-7H2,1H3. The first-order valence-corrected chi connectivity index (χ1v) is 8.39. The number of hydrogen-bond donors (Lipinski definition) is 0. The molecule has 0 atom stereocenters. The monoisotopic (exact) mass is 356 g/mol. The fourth-order valence-corrected chi connectivity index (χ4v) is 3.65. The van der Waals surface area contributed by atoms with Gasteiger partial charge < -0.3 is 4.90 Å². The van der Waals surface area contributed by atoms with Crippen molar-refractivity contribution in [2.75, 3.05) is 23.7 Å². The van der Waals surface area contributed by atoms with E-state index in [0.29, 0.717) is 18.8 Å². The normalized spacial score (nSPS) is 14.5. The van der Waals surface area contributed by atoms with Crippen LogP contribution in [0.15, 0.2) is 11.0 Å². The minimum Gasteiger partial charge on any atom is -0.360 e. The molecule has 0 unspecified atom stereocenters. The number of nitro groups is 3. The number of hydrogen-bond acceptors (Lipinski definition) is 8. The molecule has 0 spiro atoms. The minimum absolute atomic E-state index is 0.119. The maximum atomic E-state index is 11.6. The molecule has 1 aliphatic heterocycles. The molecule has 0 bridgehead atoms. The molecule has 0 aliphatic carbocycles. The van der Waals surface area contributed by atoms with Crippen LogP contribution in [0.3, 0.4) is 0 Å². The molecular formula is C13H16N4O6S. The van der Waals surface area contributed by atoms with Gasteiger partial charge >= 0.3 is 11.4 Å². The van der Waals surface area contributed by atoms with Crippen LogP contribution in [-0.4, -0.2) is 33.6 Å². The number of nitrogens with zero attached hydrogens (tertiary/aromatic N) is 4. The number of piperidine rings is 1. The zero-order valence-electron chi connectivity index (χ0n) is 13.0. The number of anilines is 1. The molecule has 10 nitrogen and oxygen atoms in total. The van der Waals surface area contributed by atoms with Gasteiger partial charge in [0.25, 0.3) is 5.69 Å². The Labute approximate surface area is 141 Å². The van der Waals surface area contributed by atoms with E-state index in [1.54, 1.807) is 11.8 Å². The van der Waals surface area contributed by atoms with E-state index in [2.05, 4.69) is 0 Å². The molecule has 1 saturated heterocycles. The van der Waals surface area contributed by atoms with Crippen LogP contribution in [0.25, 0.3) is 0 Å². The minimum atomic E-state index is -0.808. The first-order valence-electron chi connectivity index (χ1n) is 7.40. The van der Waals surface area contributed by atoms with Crippen molar-refractivity contribution in [3.8, 4) is 0 Å². The topological polar surface area (TPSA) is 133 Å². The maximum absolute atomic E-state index is 11.6. The lowest BCUT2D eigenvalue weighted by molar-refractivity contribution is -0.406. The van der Waals surface area contributed by atoms with Crippen molar-refractivity contribution in [3.05, 3.63) is 36.4 Å². The molecule has 130 valence electrons. The number of nitro benzene ring substituents is 3. The summed E-state index contributed by atoms with van der Waals surface area (Å²) < 4.78 is 0. The lowest BCUT2D eigenvalue weighted by Crippen LogP contribution is -2.30. The van der Waals surface area contributed by atoms with Crippen LogP contribution in [0.2, 0.25) is 0 Å². The van der Waals surface area contributed by atoms with Crippen LogP contribution in [0, 0.1) is 30.3 Å². The molecule has 1 aliphatic rings. The van der Waals surface area contributed by atoms with E-state index in [9.17, 15) is 30.3 Å². The predicted molar refractivity (Wildman–Crippen MR) is 88.9 cm³/mol. The quantitative estimate of drug-likeness (QED) is 0.429. The Morgan fingerprint density at radius 2 is 1.58 bits per heavy atom. The molecule has 0 aromatic heterocycles. The van der Waals surface area contributed by atoms with Crippen molar-refractivity contribution in [1.82, 2.24) is 0 Å². The Hall–Kier alpha value is -2.43. The summed E-state index contributed by atoms with van der Waals surface area (Å²) >= 11 is 0.951. The molecule has 1 aromatic carbocycles. The summed E-state index contributed by atoms with van der Waals surface area (Å²) in [5.41, 5.74) is -1.84. The van der Waals surface area contributed by atoms with Crippen molar-refractivity contribution < 1.29 is 14.8 Å². The largest absolute Gasteiger partial charge is 0.360 e. The van der Waals surface area contributed by atoms with Gasteiger partial charge in [-0.1, -0.05) is 6.92 Å². The Kier molecular flexibility index (Phi) is 5.54. The highest BCUT2D eigenvalue weighted by Gasteiger charge is 2.39. The van der Waals surface area contributed by atoms with Gasteiger partial charge in [-0.15, -0.1) is 11.8 Å². The lowest BCUT2D eigenvalue weighted by atomic mass is 10.1. The fourth-order valence-electron chi connectivity index (χ4n) is 2.77. The molecule has 2 rings (SSSR count). The third kappa shape index (κ3) is 3.40. The van der Waals surface area contributed by atoms with E-state index in [4.69, 9.17) is 0 Å². The Balaban J connectivity index is 2.82. The maximum Gasteiger partial charge on any atom is 0.320 e. The summed E-state index contributed by atoms with van der Waals surface area (Å²) in [4.78, 5) is 33.4. The zero-order valence-corrected chi connectivity index (χ0v) is 13.8. The van der Waals surface area contributed by atoms with Gasteiger partial charge in [0, 0.05) is 13.1 Å². The summed E-state index contributed by atoms with van der Waals surface area (Å²) in [7, 11) is 0. The molecule has 24 heavy (non-hydrogen) atoms. The molecule has 0 amide bonds. The molecule has 1 heterocycles. The van der Waals surface area contributed by atoms with Gasteiger partial charge in [0.2, 0.25) is 0 Å². The lowest BCUT2D eigenvalue weighted by Gasteiger charge is -2.28. The summed E-state index contributed by atoms with van der Waals surface area (Å²) in [5, 5.41) is 34.3. The van der Waals surface area contributed by atoms with Gasteiger partial charge in [0.1, 0.15) is 0 Å². The number of thioether (sulfide) groups is 1. The van der Waals surface area contributed by atoms with Gasteiger partial charge in [-0.25, -0.2) is 0 Å². The highest BCUT2D eigenvalue weighted by atomic mass is 32.2. The summed E-state index contributed by atoms with van der Waals surface area (Å²) in [6.45, 7) is 2.62. The van der Waals surface area contributed by atoms with Gasteiger partial charge in [-0.05, 0) is 25.0 Å². The third-order valence-electron chi connectivity index (χ3n) is 3.73. The average molecular weight is 356 g/mol. The zero-order chi connectivity index (χ0) is 17.9. The van der Waals surface area contributed by atoms with Gasteiger partial charge in [0.05, 0.1) is 20.8 Å². The second kappa shape index (κ2) is 7.43. The van der Waals surface area contributed by atoms with Crippen LogP contribution in [0.1, 0.15) is 26.2 Å². The van der Waals surface area contributed by atoms with Crippen LogP contribution in [0.5, 0.6) is 0 Å². The first-order chi connectivity index (χ1) is 11.4. The van der Waals surface area contributed by atoms with Crippen molar-refractivity contribution in [2.45, 2.75) is 31.1 Å². The second-order valence-corrected chi connectivity index (χ2v) is 6.47. The van der Waals surface area contributed by atoms with Crippen LogP contribution < -0.4 is 4.90 Å². The molecule has 0 N–H and O–H groups in total. The van der Waals surface area contributed by atoms with Gasteiger partial charge in [0.15, 0.2) is 10.6 Å². The van der Waals surface area contributed by atoms with Crippen LogP contribution >= 0.6 is 11.8 Å². The summed E-state index contributed by atoms with van der Waals surface area (Å²) in [6.07, 6.45) is 2.48. The smallest absolute Gasteiger partial charge is 0.320 e. The van der Waals surface area contributed by atoms with Crippen molar-refractivity contribution in [1.29, 1.82) is 0 Å². The molecular weight excluding hydrogens is 340 g/mol. The molecule has 1 aromatic rings. The molecule has 1 fully saturated rings. The van der Waals surface area contributed by atoms with Crippen molar-refractivity contribution in [3.63, 3.8) is 0 Å². The fraction of sp³-hybridized carbons (Fsp3) is 0.538. The van der Waals surface area contributed by atoms with E-state index in [1.165, 1.54) is 0 Å². The van der Waals surface area contributed by atoms with Crippen molar-refractivity contribution in [2.24, 2.45) is 0 Å². The molecule has 11 heteroatoms. The average Bonchev–Trinajstić information content (AvgIpc) is 2.54. The van der Waals surface area contributed by atoms with Crippen LogP contribution in [0.4, 0.5) is 22.7 Å². The Morgan fingerprint density at radius 3 is 2.04 bits per heavy atom. The van der Waals surface area contributed by atoms with E-state index in [0.717, 1.165) is 37.1 Å². The van der Waals surface area contributed by atoms with E-state index in [-0.39, 0.29) is 10.6 Å².